The van der Waals surface area contributed by atoms with Gasteiger partial charge in [0.25, 0.3) is 0 Å². The van der Waals surface area contributed by atoms with Crippen molar-refractivity contribution in [2.24, 2.45) is 0 Å². The van der Waals surface area contributed by atoms with Crippen LogP contribution in [0.15, 0.2) is 12.1 Å². The van der Waals surface area contributed by atoms with Gasteiger partial charge in [0.05, 0.1) is 17.1 Å². The minimum absolute atomic E-state index is 0.0152. The minimum atomic E-state index is -0.903. The van der Waals surface area contributed by atoms with E-state index in [0.29, 0.717) is 31.9 Å². The number of carbonyl (C=O) groups is 1. The fraction of sp³-hybridized carbons (Fsp3) is 0.679. The molecule has 0 aliphatic carbocycles. The molecule has 4 atom stereocenters. The fourth-order valence-corrected chi connectivity index (χ4v) is 7.14. The van der Waals surface area contributed by atoms with Crippen LogP contribution in [0.25, 0.3) is 10.9 Å². The number of alkyl halides is 1. The van der Waals surface area contributed by atoms with E-state index in [0.717, 1.165) is 38.3 Å². The highest BCUT2D eigenvalue weighted by Gasteiger charge is 2.53. The first kappa shape index (κ1) is 26.4. The minimum Gasteiger partial charge on any atom is -0.461 e. The third-order valence-electron chi connectivity index (χ3n) is 8.72. The maximum absolute atomic E-state index is 15.0. The van der Waals surface area contributed by atoms with Crippen molar-refractivity contribution >= 4 is 22.8 Å². The summed E-state index contributed by atoms with van der Waals surface area (Å²) in [5, 5.41) is 0.249. The summed E-state index contributed by atoms with van der Waals surface area (Å²) < 4.78 is 55.4. The Morgan fingerprint density at radius 3 is 2.72 bits per heavy atom. The van der Waals surface area contributed by atoms with E-state index < -0.39 is 34.5 Å². The molecule has 4 fully saturated rings. The van der Waals surface area contributed by atoms with E-state index in [1.54, 1.807) is 0 Å². The van der Waals surface area contributed by atoms with Crippen LogP contribution in [0.3, 0.4) is 0 Å². The normalized spacial score (nSPS) is 30.7. The Labute approximate surface area is 226 Å². The number of hydrogen-bond acceptors (Lipinski definition) is 7. The van der Waals surface area contributed by atoms with E-state index in [-0.39, 0.29) is 35.7 Å². The monoisotopic (exact) mass is 547 g/mol. The molecule has 2 bridgehead atoms. The molecule has 11 heteroatoms. The van der Waals surface area contributed by atoms with Gasteiger partial charge >= 0.3 is 12.1 Å². The Morgan fingerprint density at radius 2 is 1.97 bits per heavy atom. The van der Waals surface area contributed by atoms with E-state index >= 15 is 4.39 Å². The van der Waals surface area contributed by atoms with Gasteiger partial charge in [0.1, 0.15) is 35.5 Å². The van der Waals surface area contributed by atoms with Crippen molar-refractivity contribution in [2.45, 2.75) is 88.7 Å². The largest absolute Gasteiger partial charge is 0.461 e. The zero-order chi connectivity index (χ0) is 27.7. The lowest BCUT2D eigenvalue weighted by Crippen LogP contribution is -2.63. The lowest BCUT2D eigenvalue weighted by Gasteiger charge is -2.47. The third-order valence-corrected chi connectivity index (χ3v) is 8.72. The molecule has 6 rings (SSSR count). The van der Waals surface area contributed by atoms with Gasteiger partial charge in [0.15, 0.2) is 5.82 Å². The number of benzene rings is 1. The number of rotatable bonds is 4. The smallest absolute Gasteiger partial charge is 0.411 e. The first-order valence-corrected chi connectivity index (χ1v) is 13.8. The van der Waals surface area contributed by atoms with Gasteiger partial charge in [-0.05, 0) is 66.0 Å². The number of aromatic nitrogens is 2. The van der Waals surface area contributed by atoms with Gasteiger partial charge in [-0.2, -0.15) is 9.97 Å². The van der Waals surface area contributed by atoms with Crippen molar-refractivity contribution < 1.29 is 27.4 Å². The van der Waals surface area contributed by atoms with Gasteiger partial charge in [0, 0.05) is 37.5 Å². The molecule has 1 aromatic carbocycles. The van der Waals surface area contributed by atoms with E-state index in [9.17, 15) is 13.6 Å². The Morgan fingerprint density at radius 1 is 1.18 bits per heavy atom. The second kappa shape index (κ2) is 9.11. The van der Waals surface area contributed by atoms with E-state index in [1.165, 1.54) is 6.07 Å². The molecule has 8 nitrogen and oxygen atoms in total. The molecule has 4 aliphatic rings. The number of nitrogens with zero attached hydrogens (tertiary/aromatic N) is 5. The molecule has 4 aliphatic heterocycles. The van der Waals surface area contributed by atoms with Crippen molar-refractivity contribution in [1.82, 2.24) is 19.8 Å². The van der Waals surface area contributed by atoms with Crippen LogP contribution in [0.4, 0.5) is 23.8 Å². The van der Waals surface area contributed by atoms with Crippen LogP contribution in [0.1, 0.15) is 59.8 Å². The SMILES string of the molecule is CC(C)(C)OC(=O)N1[C@@H]2CCC1(C)CN(c1nc(OC[C@]34CCCN3C[C@@H](F)C4)nc3c(F)cc(F)cc13)C2. The molecule has 1 unspecified atom stereocenters. The van der Waals surface area contributed by atoms with Gasteiger partial charge in [0.2, 0.25) is 0 Å². The second-order valence-electron chi connectivity index (χ2n) is 12.9. The highest BCUT2D eigenvalue weighted by Crippen LogP contribution is 2.43. The number of hydrogen-bond donors (Lipinski definition) is 0. The lowest BCUT2D eigenvalue weighted by molar-refractivity contribution is -0.00280. The molecule has 0 saturated carbocycles. The number of fused-ring (bicyclic) bond motifs is 4. The molecule has 212 valence electrons. The molecule has 1 aromatic heterocycles. The number of ether oxygens (including phenoxy) is 2. The van der Waals surface area contributed by atoms with Crippen molar-refractivity contribution in [3.63, 3.8) is 0 Å². The fourth-order valence-electron chi connectivity index (χ4n) is 7.14. The molecule has 0 spiro atoms. The highest BCUT2D eigenvalue weighted by atomic mass is 19.1. The van der Waals surface area contributed by atoms with Crippen LogP contribution in [-0.2, 0) is 4.74 Å². The number of amides is 1. The van der Waals surface area contributed by atoms with Crippen molar-refractivity contribution in [1.29, 1.82) is 0 Å². The molecular weight excluding hydrogens is 511 g/mol. The van der Waals surface area contributed by atoms with E-state index in [1.807, 2.05) is 37.5 Å². The summed E-state index contributed by atoms with van der Waals surface area (Å²) in [4.78, 5) is 28.0. The summed E-state index contributed by atoms with van der Waals surface area (Å²) in [6, 6.07) is 1.89. The van der Waals surface area contributed by atoms with Crippen LogP contribution in [0, 0.1) is 11.6 Å². The average Bonchev–Trinajstić information content (AvgIpc) is 3.42. The Hall–Kier alpha value is -2.82. The summed E-state index contributed by atoms with van der Waals surface area (Å²) in [6.45, 7) is 9.78. The zero-order valence-electron chi connectivity index (χ0n) is 23.0. The quantitative estimate of drug-likeness (QED) is 0.543. The predicted molar refractivity (Wildman–Crippen MR) is 140 cm³/mol. The average molecular weight is 548 g/mol. The number of anilines is 1. The summed E-state index contributed by atoms with van der Waals surface area (Å²) in [7, 11) is 0. The highest BCUT2D eigenvalue weighted by molar-refractivity contribution is 5.90. The molecule has 2 aromatic rings. The van der Waals surface area contributed by atoms with Gasteiger partial charge in [-0.1, -0.05) is 0 Å². The van der Waals surface area contributed by atoms with Crippen LogP contribution in [0.2, 0.25) is 0 Å². The first-order valence-electron chi connectivity index (χ1n) is 13.8. The van der Waals surface area contributed by atoms with Gasteiger partial charge in [-0.15, -0.1) is 0 Å². The number of halogens is 3. The van der Waals surface area contributed by atoms with Crippen molar-refractivity contribution in [2.75, 3.05) is 37.7 Å². The Balaban J connectivity index is 1.32. The van der Waals surface area contributed by atoms with Crippen LogP contribution < -0.4 is 9.64 Å². The standard InChI is InChI=1S/C28H36F3N5O3/c1-26(2,3)39-25(37)36-19-6-8-27(36,4)15-34(14-19)23-20-10-17(29)11-21(31)22(20)32-24(33-23)38-16-28-7-5-9-35(28)13-18(30)12-28/h10-11,18-19H,5-9,12-16H2,1-4H3/t18-,19+,27?,28+/m0/s1. The zero-order valence-corrected chi connectivity index (χ0v) is 23.0. The van der Waals surface area contributed by atoms with Crippen LogP contribution in [0.5, 0.6) is 6.01 Å². The molecule has 4 saturated heterocycles. The second-order valence-corrected chi connectivity index (χ2v) is 12.9. The third kappa shape index (κ3) is 4.66. The van der Waals surface area contributed by atoms with Crippen molar-refractivity contribution in [3.05, 3.63) is 23.8 Å². The summed E-state index contributed by atoms with van der Waals surface area (Å²) in [5.74, 6) is -1.16. The van der Waals surface area contributed by atoms with Gasteiger partial charge in [-0.3, -0.25) is 9.80 Å². The Kier molecular flexibility index (Phi) is 6.17. The molecule has 0 N–H and O–H groups in total. The molecule has 39 heavy (non-hydrogen) atoms. The van der Waals surface area contributed by atoms with E-state index in [2.05, 4.69) is 14.9 Å². The first-order chi connectivity index (χ1) is 18.4. The number of carbonyl (C=O) groups excluding carboxylic acids is 1. The molecule has 1 amide bonds. The van der Waals surface area contributed by atoms with Crippen LogP contribution >= 0.6 is 0 Å². The van der Waals surface area contributed by atoms with Crippen molar-refractivity contribution in [3.8, 4) is 6.01 Å². The lowest BCUT2D eigenvalue weighted by atomic mass is 9.95. The maximum Gasteiger partial charge on any atom is 0.411 e. The molecule has 5 heterocycles. The van der Waals surface area contributed by atoms with E-state index in [4.69, 9.17) is 9.47 Å². The van der Waals surface area contributed by atoms with Crippen LogP contribution in [-0.4, -0.2) is 87.5 Å². The predicted octanol–water partition coefficient (Wildman–Crippen LogP) is 4.84. The Bertz CT molecular complexity index is 1310. The maximum atomic E-state index is 15.0. The summed E-state index contributed by atoms with van der Waals surface area (Å²) >= 11 is 0. The topological polar surface area (TPSA) is 71.0 Å². The number of piperazine rings is 1. The summed E-state index contributed by atoms with van der Waals surface area (Å²) in [6.07, 6.45) is 2.47. The molecule has 0 radical (unpaired) electrons. The van der Waals surface area contributed by atoms with Gasteiger partial charge < -0.3 is 14.4 Å². The summed E-state index contributed by atoms with van der Waals surface area (Å²) in [5.41, 5.74) is -1.60. The van der Waals surface area contributed by atoms with Gasteiger partial charge in [-0.25, -0.2) is 18.0 Å². The molecular formula is C28H36F3N5O3.